The molecule has 0 aliphatic rings. The first kappa shape index (κ1) is 31.8. The van der Waals surface area contributed by atoms with Crippen molar-refractivity contribution in [3.05, 3.63) is 83.9 Å². The van der Waals surface area contributed by atoms with Crippen LogP contribution in [-0.4, -0.2) is 68.0 Å². The third kappa shape index (κ3) is 10.0. The van der Waals surface area contributed by atoms with E-state index in [-0.39, 0.29) is 30.9 Å². The molecule has 0 saturated carbocycles. The number of benzene rings is 2. The van der Waals surface area contributed by atoms with Crippen molar-refractivity contribution in [3.63, 3.8) is 0 Å². The molecule has 0 saturated heterocycles. The number of aromatic amines is 1. The summed E-state index contributed by atoms with van der Waals surface area (Å²) in [6, 6.07) is 10.7. The molecule has 12 heteroatoms. The number of carboxylic acids is 1. The lowest BCUT2D eigenvalue weighted by molar-refractivity contribution is -0.142. The van der Waals surface area contributed by atoms with Crippen LogP contribution in [0.1, 0.15) is 37.1 Å². The highest BCUT2D eigenvalue weighted by atomic mass is 16.4. The number of rotatable bonds is 15. The van der Waals surface area contributed by atoms with Crippen molar-refractivity contribution in [2.24, 2.45) is 11.7 Å². The van der Waals surface area contributed by atoms with Crippen molar-refractivity contribution in [1.29, 1.82) is 0 Å². The molecule has 224 valence electrons. The van der Waals surface area contributed by atoms with E-state index in [1.54, 1.807) is 36.4 Å². The van der Waals surface area contributed by atoms with Gasteiger partial charge in [0.2, 0.25) is 17.7 Å². The zero-order chi connectivity index (χ0) is 30.6. The van der Waals surface area contributed by atoms with Crippen LogP contribution in [-0.2, 0) is 38.4 Å². The number of hydrogen-bond acceptors (Lipinski definition) is 7. The Balaban J connectivity index is 1.84. The Labute approximate surface area is 244 Å². The van der Waals surface area contributed by atoms with Crippen LogP contribution < -0.4 is 21.7 Å². The number of nitrogens with zero attached hydrogens (tertiary/aromatic N) is 1. The Hall–Kier alpha value is -4.71. The van der Waals surface area contributed by atoms with Crippen LogP contribution >= 0.6 is 0 Å². The lowest BCUT2D eigenvalue weighted by Crippen LogP contribution is -2.58. The summed E-state index contributed by atoms with van der Waals surface area (Å²) in [5.74, 6) is -2.92. The van der Waals surface area contributed by atoms with E-state index in [2.05, 4.69) is 25.9 Å². The van der Waals surface area contributed by atoms with Gasteiger partial charge in [-0.2, -0.15) is 0 Å². The molecule has 1 heterocycles. The fourth-order valence-electron chi connectivity index (χ4n) is 4.39. The number of phenols is 1. The van der Waals surface area contributed by atoms with Gasteiger partial charge in [0.15, 0.2) is 0 Å². The van der Waals surface area contributed by atoms with E-state index in [1.807, 2.05) is 19.9 Å². The predicted octanol–water partition coefficient (Wildman–Crippen LogP) is 1.06. The number of amides is 3. The second-order valence-electron chi connectivity index (χ2n) is 10.6. The largest absolute Gasteiger partial charge is 0.508 e. The lowest BCUT2D eigenvalue weighted by Gasteiger charge is -2.26. The molecule has 1 aromatic heterocycles. The normalized spacial score (nSPS) is 13.9. The molecule has 0 spiro atoms. The molecule has 0 radical (unpaired) electrons. The fraction of sp³-hybridized carbons (Fsp3) is 0.367. The first-order valence-electron chi connectivity index (χ1n) is 13.7. The van der Waals surface area contributed by atoms with Gasteiger partial charge >= 0.3 is 5.97 Å². The van der Waals surface area contributed by atoms with Crippen molar-refractivity contribution in [2.75, 3.05) is 0 Å². The average molecular weight is 579 g/mol. The molecular formula is C30H38N6O6. The van der Waals surface area contributed by atoms with Crippen molar-refractivity contribution in [2.45, 2.75) is 63.7 Å². The van der Waals surface area contributed by atoms with E-state index in [1.165, 1.54) is 24.7 Å². The molecule has 3 rings (SSSR count). The van der Waals surface area contributed by atoms with Crippen LogP contribution in [0.15, 0.2) is 67.1 Å². The van der Waals surface area contributed by atoms with Crippen molar-refractivity contribution in [1.82, 2.24) is 25.9 Å². The van der Waals surface area contributed by atoms with Crippen LogP contribution in [0, 0.1) is 5.92 Å². The summed E-state index contributed by atoms with van der Waals surface area (Å²) in [7, 11) is 0. The molecule has 42 heavy (non-hydrogen) atoms. The van der Waals surface area contributed by atoms with Crippen LogP contribution in [0.25, 0.3) is 0 Å². The minimum Gasteiger partial charge on any atom is -0.508 e. The van der Waals surface area contributed by atoms with E-state index >= 15 is 0 Å². The van der Waals surface area contributed by atoms with Gasteiger partial charge in [-0.25, -0.2) is 9.78 Å². The molecule has 12 nitrogen and oxygen atoms in total. The molecule has 0 fully saturated rings. The van der Waals surface area contributed by atoms with Gasteiger partial charge in [-0.05, 0) is 35.6 Å². The SMILES string of the molecule is CC(C)CC(N)C(=O)NC(Cc1ccc(O)cc1)C(=O)NC(Cc1ccccc1)C(=O)NC(Cc1cnc[nH]1)C(=O)O. The van der Waals surface area contributed by atoms with E-state index in [0.717, 1.165) is 5.56 Å². The van der Waals surface area contributed by atoms with Gasteiger partial charge in [-0.15, -0.1) is 0 Å². The number of aromatic nitrogens is 2. The Morgan fingerprint density at radius 1 is 0.810 bits per heavy atom. The minimum atomic E-state index is -1.28. The molecule has 3 aromatic rings. The van der Waals surface area contributed by atoms with E-state index in [4.69, 9.17) is 5.73 Å². The van der Waals surface area contributed by atoms with Gasteiger partial charge in [-0.3, -0.25) is 14.4 Å². The van der Waals surface area contributed by atoms with Crippen LogP contribution in [0.3, 0.4) is 0 Å². The minimum absolute atomic E-state index is 0.0413. The highest BCUT2D eigenvalue weighted by molar-refractivity contribution is 5.94. The summed E-state index contributed by atoms with van der Waals surface area (Å²) in [4.78, 5) is 58.7. The molecule has 3 amide bonds. The van der Waals surface area contributed by atoms with Gasteiger partial charge in [0.05, 0.1) is 12.4 Å². The Bertz CT molecular complexity index is 1310. The van der Waals surface area contributed by atoms with Crippen molar-refractivity contribution >= 4 is 23.7 Å². The number of hydrogen-bond donors (Lipinski definition) is 7. The number of H-pyrrole nitrogens is 1. The van der Waals surface area contributed by atoms with E-state index in [9.17, 15) is 29.4 Å². The summed E-state index contributed by atoms with van der Waals surface area (Å²) < 4.78 is 0. The summed E-state index contributed by atoms with van der Waals surface area (Å²) in [5, 5.41) is 27.3. The molecule has 0 bridgehead atoms. The van der Waals surface area contributed by atoms with Crippen LogP contribution in [0.2, 0.25) is 0 Å². The van der Waals surface area contributed by atoms with Gasteiger partial charge in [-0.1, -0.05) is 56.3 Å². The lowest BCUT2D eigenvalue weighted by atomic mass is 10.0. The van der Waals surface area contributed by atoms with Gasteiger partial charge in [0.1, 0.15) is 23.9 Å². The van der Waals surface area contributed by atoms with Crippen molar-refractivity contribution in [3.8, 4) is 5.75 Å². The zero-order valence-electron chi connectivity index (χ0n) is 23.6. The molecule has 8 N–H and O–H groups in total. The maximum atomic E-state index is 13.7. The number of carbonyl (C=O) groups excluding carboxylic acids is 3. The quantitative estimate of drug-likeness (QED) is 0.139. The Kier molecular flexibility index (Phi) is 11.6. The molecule has 4 atom stereocenters. The molecule has 0 aliphatic heterocycles. The van der Waals surface area contributed by atoms with Crippen LogP contribution in [0.5, 0.6) is 5.75 Å². The maximum Gasteiger partial charge on any atom is 0.326 e. The van der Waals surface area contributed by atoms with Gasteiger partial charge < -0.3 is 36.9 Å². The predicted molar refractivity (Wildman–Crippen MR) is 155 cm³/mol. The van der Waals surface area contributed by atoms with Gasteiger partial charge in [0, 0.05) is 31.2 Å². The molecule has 2 aromatic carbocycles. The molecule has 0 aliphatic carbocycles. The van der Waals surface area contributed by atoms with E-state index < -0.39 is 47.9 Å². The summed E-state index contributed by atoms with van der Waals surface area (Å²) in [6.07, 6.45) is 3.37. The topological polar surface area (TPSA) is 200 Å². The maximum absolute atomic E-state index is 13.7. The Morgan fingerprint density at radius 3 is 1.88 bits per heavy atom. The first-order valence-corrected chi connectivity index (χ1v) is 13.7. The zero-order valence-corrected chi connectivity index (χ0v) is 23.6. The number of aromatic hydroxyl groups is 1. The summed E-state index contributed by atoms with van der Waals surface area (Å²) in [5.41, 5.74) is 7.97. The second-order valence-corrected chi connectivity index (χ2v) is 10.6. The van der Waals surface area contributed by atoms with Crippen LogP contribution in [0.4, 0.5) is 0 Å². The number of imidazole rings is 1. The third-order valence-electron chi connectivity index (χ3n) is 6.58. The monoisotopic (exact) mass is 578 g/mol. The number of phenolic OH excluding ortho intramolecular Hbond substituents is 1. The number of nitrogens with one attached hydrogen (secondary N) is 4. The standard InChI is InChI=1S/C30H38N6O6/c1-18(2)12-23(31)27(38)34-24(14-20-8-10-22(37)11-9-20)28(39)35-25(13-19-6-4-3-5-7-19)29(40)36-26(30(41)42)15-21-16-32-17-33-21/h3-11,16-18,23-26,37H,12-15,31H2,1-2H3,(H,32,33)(H,34,38)(H,35,39)(H,36,40)(H,41,42). The number of nitrogens with two attached hydrogens (primary N) is 1. The van der Waals surface area contributed by atoms with Crippen molar-refractivity contribution < 1.29 is 29.4 Å². The second kappa shape index (κ2) is 15.3. The molecule has 4 unspecified atom stereocenters. The third-order valence-corrected chi connectivity index (χ3v) is 6.58. The summed E-state index contributed by atoms with van der Waals surface area (Å²) in [6.45, 7) is 3.86. The average Bonchev–Trinajstić information content (AvgIpc) is 3.46. The summed E-state index contributed by atoms with van der Waals surface area (Å²) >= 11 is 0. The smallest absolute Gasteiger partial charge is 0.326 e. The first-order chi connectivity index (χ1) is 20.0. The molecular weight excluding hydrogens is 540 g/mol. The fourth-order valence-corrected chi connectivity index (χ4v) is 4.39. The Morgan fingerprint density at radius 2 is 1.36 bits per heavy atom. The van der Waals surface area contributed by atoms with E-state index in [0.29, 0.717) is 17.7 Å². The highest BCUT2D eigenvalue weighted by Crippen LogP contribution is 2.13. The number of aliphatic carboxylic acids is 1. The highest BCUT2D eigenvalue weighted by Gasteiger charge is 2.31. The van der Waals surface area contributed by atoms with Gasteiger partial charge in [0.25, 0.3) is 0 Å². The number of carbonyl (C=O) groups is 4. The number of carboxylic acid groups (broad SMARTS) is 1.